The highest BCUT2D eigenvalue weighted by Gasteiger charge is 2.40. The van der Waals surface area contributed by atoms with E-state index < -0.39 is 11.5 Å². The quantitative estimate of drug-likeness (QED) is 0.608. The molecule has 1 nitrogen and oxygen atoms in total. The molecule has 0 unspecified atom stereocenters. The van der Waals surface area contributed by atoms with Crippen LogP contribution in [0.25, 0.3) is 0 Å². The molecular formula is C21H17FO. The van der Waals surface area contributed by atoms with E-state index in [1.165, 1.54) is 0 Å². The zero-order valence-corrected chi connectivity index (χ0v) is 12.7. The van der Waals surface area contributed by atoms with Crippen molar-refractivity contribution in [3.8, 4) is 0 Å². The minimum absolute atomic E-state index is 0.0194. The van der Waals surface area contributed by atoms with E-state index in [-0.39, 0.29) is 6.42 Å². The summed E-state index contributed by atoms with van der Waals surface area (Å²) in [5, 5.41) is 0. The van der Waals surface area contributed by atoms with Crippen LogP contribution in [0.1, 0.15) is 21.5 Å². The lowest BCUT2D eigenvalue weighted by atomic mass is 9.82. The number of alkyl halides is 1. The van der Waals surface area contributed by atoms with Gasteiger partial charge >= 0.3 is 0 Å². The first-order chi connectivity index (χ1) is 11.2. The molecule has 0 radical (unpaired) electrons. The van der Waals surface area contributed by atoms with Gasteiger partial charge in [0.1, 0.15) is 0 Å². The molecule has 3 rings (SSSR count). The Kier molecular flexibility index (Phi) is 4.33. The van der Waals surface area contributed by atoms with Crippen LogP contribution in [0.4, 0.5) is 4.39 Å². The molecule has 3 aromatic rings. The Morgan fingerprint density at radius 1 is 0.739 bits per heavy atom. The topological polar surface area (TPSA) is 17.1 Å². The maximum Gasteiger partial charge on any atom is 0.204 e. The number of halogens is 1. The zero-order valence-electron chi connectivity index (χ0n) is 12.7. The van der Waals surface area contributed by atoms with E-state index in [2.05, 4.69) is 0 Å². The van der Waals surface area contributed by atoms with Gasteiger partial charge in [0.05, 0.1) is 0 Å². The maximum atomic E-state index is 15.9. The van der Waals surface area contributed by atoms with Crippen molar-refractivity contribution in [2.24, 2.45) is 0 Å². The molecule has 0 aliphatic rings. The van der Waals surface area contributed by atoms with Gasteiger partial charge in [0.2, 0.25) is 11.5 Å². The smallest absolute Gasteiger partial charge is 0.204 e. The zero-order chi connectivity index (χ0) is 16.1. The number of ketones is 1. The summed E-state index contributed by atoms with van der Waals surface area (Å²) in [7, 11) is 0. The maximum absolute atomic E-state index is 15.9. The summed E-state index contributed by atoms with van der Waals surface area (Å²) in [4.78, 5) is 12.9. The number of Topliss-reactive ketones (excluding diaryl/α,β-unsaturated/α-hetero) is 1. The third-order valence-corrected chi connectivity index (χ3v) is 3.92. The minimum atomic E-state index is -2.08. The average molecular weight is 304 g/mol. The van der Waals surface area contributed by atoms with Crippen LogP contribution in [0, 0.1) is 0 Å². The molecule has 3 aromatic carbocycles. The number of rotatable bonds is 5. The molecule has 0 bridgehead atoms. The summed E-state index contributed by atoms with van der Waals surface area (Å²) >= 11 is 0. The van der Waals surface area contributed by atoms with Crippen LogP contribution >= 0.6 is 0 Å². The molecule has 2 heteroatoms. The minimum Gasteiger partial charge on any atom is -0.290 e. The van der Waals surface area contributed by atoms with Crippen molar-refractivity contribution in [1.29, 1.82) is 0 Å². The van der Waals surface area contributed by atoms with Crippen molar-refractivity contribution in [3.63, 3.8) is 0 Å². The molecule has 0 amide bonds. The molecule has 0 N–H and O–H groups in total. The highest BCUT2D eigenvalue weighted by Crippen LogP contribution is 2.34. The third kappa shape index (κ3) is 3.21. The van der Waals surface area contributed by atoms with Gasteiger partial charge in [-0.05, 0) is 11.1 Å². The largest absolute Gasteiger partial charge is 0.290 e. The number of hydrogen-bond acceptors (Lipinski definition) is 1. The first-order valence-corrected chi connectivity index (χ1v) is 7.58. The van der Waals surface area contributed by atoms with Crippen LogP contribution in [0.3, 0.4) is 0 Å². The molecule has 0 heterocycles. The van der Waals surface area contributed by atoms with E-state index in [0.717, 1.165) is 5.56 Å². The second kappa shape index (κ2) is 6.57. The normalized spacial score (nSPS) is 13.3. The average Bonchev–Trinajstić information content (AvgIpc) is 2.63. The van der Waals surface area contributed by atoms with Crippen molar-refractivity contribution in [2.45, 2.75) is 12.1 Å². The van der Waals surface area contributed by atoms with Crippen molar-refractivity contribution < 1.29 is 9.18 Å². The molecule has 0 aromatic heterocycles. The Hall–Kier alpha value is -2.74. The molecule has 114 valence electrons. The van der Waals surface area contributed by atoms with Crippen LogP contribution in [-0.4, -0.2) is 5.78 Å². The molecule has 0 spiro atoms. The van der Waals surface area contributed by atoms with Gasteiger partial charge in [-0.25, -0.2) is 4.39 Å². The molecule has 0 saturated carbocycles. The van der Waals surface area contributed by atoms with Crippen molar-refractivity contribution >= 4 is 5.78 Å². The van der Waals surface area contributed by atoms with Gasteiger partial charge in [0.25, 0.3) is 0 Å². The second-order valence-corrected chi connectivity index (χ2v) is 5.52. The Bertz CT molecular complexity index is 769. The van der Waals surface area contributed by atoms with Gasteiger partial charge in [-0.3, -0.25) is 4.79 Å². The first kappa shape index (κ1) is 15.2. The summed E-state index contributed by atoms with van der Waals surface area (Å²) in [6.45, 7) is 0. The lowest BCUT2D eigenvalue weighted by Crippen LogP contribution is -2.33. The van der Waals surface area contributed by atoms with E-state index >= 15 is 4.39 Å². The van der Waals surface area contributed by atoms with Crippen molar-refractivity contribution in [1.82, 2.24) is 0 Å². The van der Waals surface area contributed by atoms with Crippen LogP contribution in [-0.2, 0) is 12.1 Å². The summed E-state index contributed by atoms with van der Waals surface area (Å²) in [6, 6.07) is 26.6. The number of hydrogen-bond donors (Lipinski definition) is 0. The van der Waals surface area contributed by atoms with E-state index in [1.54, 1.807) is 48.5 Å². The fourth-order valence-electron chi connectivity index (χ4n) is 2.71. The predicted molar refractivity (Wildman–Crippen MR) is 90.1 cm³/mol. The lowest BCUT2D eigenvalue weighted by molar-refractivity contribution is 0.0676. The predicted octanol–water partition coefficient (Wildman–Crippen LogP) is 4.98. The summed E-state index contributed by atoms with van der Waals surface area (Å²) in [5.41, 5.74) is -0.514. The Morgan fingerprint density at radius 3 is 1.78 bits per heavy atom. The fraction of sp³-hybridized carbons (Fsp3) is 0.0952. The number of carbonyl (C=O) groups excluding carboxylic acids is 1. The Morgan fingerprint density at radius 2 is 1.22 bits per heavy atom. The second-order valence-electron chi connectivity index (χ2n) is 5.52. The highest BCUT2D eigenvalue weighted by molar-refractivity contribution is 6.03. The van der Waals surface area contributed by atoms with Gasteiger partial charge < -0.3 is 0 Å². The van der Waals surface area contributed by atoms with Gasteiger partial charge in [0.15, 0.2) is 0 Å². The molecule has 0 saturated heterocycles. The number of benzene rings is 3. The van der Waals surface area contributed by atoms with E-state index in [0.29, 0.717) is 11.1 Å². The number of carbonyl (C=O) groups is 1. The monoisotopic (exact) mass is 304 g/mol. The Labute approximate surface area is 135 Å². The highest BCUT2D eigenvalue weighted by atomic mass is 19.1. The van der Waals surface area contributed by atoms with E-state index in [1.807, 2.05) is 42.5 Å². The molecular weight excluding hydrogens is 287 g/mol. The summed E-state index contributed by atoms with van der Waals surface area (Å²) in [6.07, 6.45) is 0.0194. The van der Waals surface area contributed by atoms with Crippen LogP contribution < -0.4 is 0 Å². The Balaban J connectivity index is 2.05. The standard InChI is InChI=1S/C21H17FO/c22-21(19-14-8-3-9-15-19,16-17-10-4-1-5-11-17)20(23)18-12-6-2-7-13-18/h1-15H,16H2/t21-/m1/s1. The molecule has 0 fully saturated rings. The molecule has 0 aliphatic heterocycles. The first-order valence-electron chi connectivity index (χ1n) is 7.58. The van der Waals surface area contributed by atoms with Gasteiger partial charge in [-0.15, -0.1) is 0 Å². The third-order valence-electron chi connectivity index (χ3n) is 3.92. The van der Waals surface area contributed by atoms with Crippen LogP contribution in [0.15, 0.2) is 91.0 Å². The van der Waals surface area contributed by atoms with Gasteiger partial charge in [0, 0.05) is 12.0 Å². The van der Waals surface area contributed by atoms with Crippen LogP contribution in [0.5, 0.6) is 0 Å². The molecule has 0 aliphatic carbocycles. The van der Waals surface area contributed by atoms with Gasteiger partial charge in [-0.1, -0.05) is 91.0 Å². The van der Waals surface area contributed by atoms with E-state index in [9.17, 15) is 4.79 Å². The molecule has 1 atom stereocenters. The molecule has 23 heavy (non-hydrogen) atoms. The SMILES string of the molecule is O=C(c1ccccc1)[C@@](F)(Cc1ccccc1)c1ccccc1. The summed E-state index contributed by atoms with van der Waals surface area (Å²) in [5.74, 6) is -0.506. The lowest BCUT2D eigenvalue weighted by Gasteiger charge is -2.25. The van der Waals surface area contributed by atoms with Gasteiger partial charge in [-0.2, -0.15) is 0 Å². The summed E-state index contributed by atoms with van der Waals surface area (Å²) < 4.78 is 15.9. The fourth-order valence-corrected chi connectivity index (χ4v) is 2.71. The van der Waals surface area contributed by atoms with Crippen molar-refractivity contribution in [2.75, 3.05) is 0 Å². The van der Waals surface area contributed by atoms with Crippen LogP contribution in [0.2, 0.25) is 0 Å². The van der Waals surface area contributed by atoms with E-state index in [4.69, 9.17) is 0 Å². The van der Waals surface area contributed by atoms with Crippen molar-refractivity contribution in [3.05, 3.63) is 108 Å².